The molecule has 0 radical (unpaired) electrons. The van der Waals surface area contributed by atoms with Gasteiger partial charge in [-0.15, -0.1) is 0 Å². The molecule has 1 fully saturated rings. The van der Waals surface area contributed by atoms with Crippen LogP contribution in [0, 0.1) is 0 Å². The van der Waals surface area contributed by atoms with E-state index in [2.05, 4.69) is 34.7 Å². The second-order valence-electron chi connectivity index (χ2n) is 4.68. The molecule has 1 rings (SSSR count). The molecule has 0 saturated carbocycles. The molecule has 1 aliphatic heterocycles. The molecule has 6 heteroatoms. The predicted octanol–water partition coefficient (Wildman–Crippen LogP) is -0.0940. The second kappa shape index (κ2) is 8.05. The largest absolute Gasteiger partial charge is 0.338 e. The van der Waals surface area contributed by atoms with Gasteiger partial charge in [0.05, 0.1) is 6.54 Å². The molecule has 18 heavy (non-hydrogen) atoms. The SMILES string of the molecule is CCCCNC(=O)NC(=O)CN1CCNCC1C. The van der Waals surface area contributed by atoms with Crippen molar-refractivity contribution in [2.75, 3.05) is 32.7 Å². The quantitative estimate of drug-likeness (QED) is 0.601. The number of piperazine rings is 1. The Hall–Kier alpha value is -1.14. The van der Waals surface area contributed by atoms with Crippen LogP contribution in [0.15, 0.2) is 0 Å². The number of nitrogens with one attached hydrogen (secondary N) is 3. The number of imide groups is 1. The standard InChI is InChI=1S/C12H24N4O2/c1-3-4-5-14-12(18)15-11(17)9-16-7-6-13-8-10(16)2/h10,13H,3-9H2,1-2H3,(H2,14,15,17,18). The third-order valence-electron chi connectivity index (χ3n) is 3.05. The van der Waals surface area contributed by atoms with Gasteiger partial charge in [0.2, 0.25) is 5.91 Å². The topological polar surface area (TPSA) is 73.5 Å². The first kappa shape index (κ1) is 14.9. The molecule has 0 spiro atoms. The van der Waals surface area contributed by atoms with E-state index in [1.807, 2.05) is 0 Å². The first-order chi connectivity index (χ1) is 8.63. The van der Waals surface area contributed by atoms with Crippen LogP contribution in [0.1, 0.15) is 26.7 Å². The molecule has 1 atom stereocenters. The fourth-order valence-electron chi connectivity index (χ4n) is 1.89. The van der Waals surface area contributed by atoms with Gasteiger partial charge in [-0.1, -0.05) is 13.3 Å². The van der Waals surface area contributed by atoms with E-state index >= 15 is 0 Å². The molecule has 1 saturated heterocycles. The predicted molar refractivity (Wildman–Crippen MR) is 70.4 cm³/mol. The highest BCUT2D eigenvalue weighted by atomic mass is 16.2. The maximum Gasteiger partial charge on any atom is 0.321 e. The monoisotopic (exact) mass is 256 g/mol. The zero-order valence-corrected chi connectivity index (χ0v) is 11.3. The van der Waals surface area contributed by atoms with Crippen LogP contribution < -0.4 is 16.0 Å². The van der Waals surface area contributed by atoms with E-state index in [9.17, 15) is 9.59 Å². The molecule has 0 aromatic rings. The number of carbonyl (C=O) groups excluding carboxylic acids is 2. The Bertz CT molecular complexity index is 283. The smallest absolute Gasteiger partial charge is 0.321 e. The van der Waals surface area contributed by atoms with Crippen LogP contribution in [-0.2, 0) is 4.79 Å². The van der Waals surface area contributed by atoms with Crippen LogP contribution in [0.3, 0.4) is 0 Å². The van der Waals surface area contributed by atoms with Gasteiger partial charge in [0.25, 0.3) is 0 Å². The summed E-state index contributed by atoms with van der Waals surface area (Å²) < 4.78 is 0. The third-order valence-corrected chi connectivity index (χ3v) is 3.05. The van der Waals surface area contributed by atoms with Crippen molar-refractivity contribution in [1.82, 2.24) is 20.9 Å². The van der Waals surface area contributed by atoms with E-state index in [0.717, 1.165) is 32.5 Å². The maximum absolute atomic E-state index is 11.7. The van der Waals surface area contributed by atoms with Crippen LogP contribution in [0.25, 0.3) is 0 Å². The molecule has 0 aliphatic carbocycles. The summed E-state index contributed by atoms with van der Waals surface area (Å²) in [4.78, 5) is 25.1. The van der Waals surface area contributed by atoms with E-state index in [0.29, 0.717) is 12.6 Å². The van der Waals surface area contributed by atoms with E-state index in [-0.39, 0.29) is 12.5 Å². The van der Waals surface area contributed by atoms with Crippen molar-refractivity contribution in [2.24, 2.45) is 0 Å². The zero-order chi connectivity index (χ0) is 13.4. The van der Waals surface area contributed by atoms with Gasteiger partial charge in [-0.2, -0.15) is 0 Å². The van der Waals surface area contributed by atoms with Crippen molar-refractivity contribution in [3.05, 3.63) is 0 Å². The molecule has 1 heterocycles. The third kappa shape index (κ3) is 5.46. The summed E-state index contributed by atoms with van der Waals surface area (Å²) in [6.45, 7) is 7.63. The lowest BCUT2D eigenvalue weighted by Crippen LogP contribution is -2.53. The normalized spacial score (nSPS) is 20.4. The lowest BCUT2D eigenvalue weighted by atomic mass is 10.2. The highest BCUT2D eigenvalue weighted by molar-refractivity contribution is 5.95. The minimum Gasteiger partial charge on any atom is -0.338 e. The van der Waals surface area contributed by atoms with E-state index in [1.165, 1.54) is 0 Å². The number of hydrogen-bond donors (Lipinski definition) is 3. The Morgan fingerprint density at radius 3 is 2.89 bits per heavy atom. The number of urea groups is 1. The van der Waals surface area contributed by atoms with Gasteiger partial charge >= 0.3 is 6.03 Å². The first-order valence-corrected chi connectivity index (χ1v) is 6.66. The summed E-state index contributed by atoms with van der Waals surface area (Å²) >= 11 is 0. The second-order valence-corrected chi connectivity index (χ2v) is 4.68. The summed E-state index contributed by atoms with van der Waals surface area (Å²) in [6.07, 6.45) is 1.95. The van der Waals surface area contributed by atoms with Crippen molar-refractivity contribution >= 4 is 11.9 Å². The first-order valence-electron chi connectivity index (χ1n) is 6.66. The highest BCUT2D eigenvalue weighted by Gasteiger charge is 2.20. The molecule has 0 bridgehead atoms. The van der Waals surface area contributed by atoms with Gasteiger partial charge in [-0.25, -0.2) is 4.79 Å². The van der Waals surface area contributed by atoms with Gasteiger partial charge in [0.15, 0.2) is 0 Å². The summed E-state index contributed by atoms with van der Waals surface area (Å²) in [5, 5.41) is 8.28. The van der Waals surface area contributed by atoms with Crippen LogP contribution in [0.4, 0.5) is 4.79 Å². The average Bonchev–Trinajstić information content (AvgIpc) is 2.32. The number of hydrogen-bond acceptors (Lipinski definition) is 4. The molecule has 3 N–H and O–H groups in total. The minimum atomic E-state index is -0.392. The Morgan fingerprint density at radius 2 is 2.22 bits per heavy atom. The fraction of sp³-hybridized carbons (Fsp3) is 0.833. The molecular weight excluding hydrogens is 232 g/mol. The summed E-state index contributed by atoms with van der Waals surface area (Å²) in [5.74, 6) is -0.238. The van der Waals surface area contributed by atoms with E-state index in [4.69, 9.17) is 0 Å². The van der Waals surface area contributed by atoms with Crippen LogP contribution in [0.2, 0.25) is 0 Å². The molecule has 1 unspecified atom stereocenters. The lowest BCUT2D eigenvalue weighted by molar-refractivity contribution is -0.121. The average molecular weight is 256 g/mol. The van der Waals surface area contributed by atoms with Crippen LogP contribution in [0.5, 0.6) is 0 Å². The van der Waals surface area contributed by atoms with Crippen molar-refractivity contribution in [1.29, 1.82) is 0 Å². The molecule has 0 aromatic heterocycles. The van der Waals surface area contributed by atoms with E-state index < -0.39 is 6.03 Å². The number of rotatable bonds is 5. The number of amides is 3. The van der Waals surface area contributed by atoms with Crippen molar-refractivity contribution in [3.8, 4) is 0 Å². The maximum atomic E-state index is 11.7. The summed E-state index contributed by atoms with van der Waals surface area (Å²) in [7, 11) is 0. The number of unbranched alkanes of at least 4 members (excludes halogenated alkanes) is 1. The number of nitrogens with zero attached hydrogens (tertiary/aromatic N) is 1. The van der Waals surface area contributed by atoms with Crippen molar-refractivity contribution in [2.45, 2.75) is 32.7 Å². The van der Waals surface area contributed by atoms with Gasteiger partial charge in [0, 0.05) is 32.2 Å². The fourth-order valence-corrected chi connectivity index (χ4v) is 1.89. The zero-order valence-electron chi connectivity index (χ0n) is 11.3. The van der Waals surface area contributed by atoms with Crippen LogP contribution >= 0.6 is 0 Å². The molecule has 3 amide bonds. The molecular formula is C12H24N4O2. The van der Waals surface area contributed by atoms with E-state index in [1.54, 1.807) is 0 Å². The molecule has 104 valence electrons. The Kier molecular flexibility index (Phi) is 6.67. The highest BCUT2D eigenvalue weighted by Crippen LogP contribution is 2.00. The lowest BCUT2D eigenvalue weighted by Gasteiger charge is -2.33. The van der Waals surface area contributed by atoms with Crippen LogP contribution in [-0.4, -0.2) is 55.6 Å². The molecule has 6 nitrogen and oxygen atoms in total. The Balaban J connectivity index is 2.21. The molecule has 0 aromatic carbocycles. The Morgan fingerprint density at radius 1 is 1.44 bits per heavy atom. The molecule has 1 aliphatic rings. The van der Waals surface area contributed by atoms with Crippen molar-refractivity contribution < 1.29 is 9.59 Å². The van der Waals surface area contributed by atoms with Gasteiger partial charge in [0.1, 0.15) is 0 Å². The summed E-state index contributed by atoms with van der Waals surface area (Å²) in [5.41, 5.74) is 0. The van der Waals surface area contributed by atoms with Gasteiger partial charge < -0.3 is 10.6 Å². The Labute approximate surface area is 108 Å². The minimum absolute atomic E-state index is 0.238. The van der Waals surface area contributed by atoms with Gasteiger partial charge in [-0.3, -0.25) is 15.0 Å². The van der Waals surface area contributed by atoms with Crippen molar-refractivity contribution in [3.63, 3.8) is 0 Å². The number of carbonyl (C=O) groups is 2. The van der Waals surface area contributed by atoms with Gasteiger partial charge in [-0.05, 0) is 13.3 Å². The summed E-state index contributed by atoms with van der Waals surface area (Å²) in [6, 6.07) is -0.0658.